The highest BCUT2D eigenvalue weighted by atomic mass is 35.5. The van der Waals surface area contributed by atoms with Crippen molar-refractivity contribution in [3.8, 4) is 0 Å². The van der Waals surface area contributed by atoms with Crippen LogP contribution >= 0.6 is 11.6 Å². The number of hydrogen-bond donors (Lipinski definition) is 2. The number of carbonyl (C=O) groups excluding carboxylic acids is 1. The summed E-state index contributed by atoms with van der Waals surface area (Å²) in [5.74, 6) is 0.0695. The average Bonchev–Trinajstić information content (AvgIpc) is 2.63. The number of amides is 1. The van der Waals surface area contributed by atoms with Crippen LogP contribution in [-0.4, -0.2) is 10.9 Å². The Balaban J connectivity index is 1.60. The number of nitrogens with zero attached hydrogens (tertiary/aromatic N) is 1. The maximum absolute atomic E-state index is 12.9. The van der Waals surface area contributed by atoms with Gasteiger partial charge in [0.15, 0.2) is 0 Å². The van der Waals surface area contributed by atoms with E-state index in [2.05, 4.69) is 15.6 Å². The molecule has 2 N–H and O–H groups in total. The number of nitrogens with one attached hydrogen (secondary N) is 2. The normalized spacial score (nSPS) is 10.3. The average molecular weight is 356 g/mol. The third kappa shape index (κ3) is 4.55. The predicted molar refractivity (Wildman–Crippen MR) is 97.4 cm³/mol. The summed E-state index contributed by atoms with van der Waals surface area (Å²) >= 11 is 6.03. The van der Waals surface area contributed by atoms with Gasteiger partial charge in [-0.2, -0.15) is 0 Å². The van der Waals surface area contributed by atoms with Gasteiger partial charge in [-0.15, -0.1) is 0 Å². The number of carbonyl (C=O) groups is 1. The van der Waals surface area contributed by atoms with Gasteiger partial charge in [-0.3, -0.25) is 4.79 Å². The lowest BCUT2D eigenvalue weighted by Gasteiger charge is -2.08. The Morgan fingerprint density at radius 1 is 1.04 bits per heavy atom. The van der Waals surface area contributed by atoms with Crippen LogP contribution in [0.2, 0.25) is 5.02 Å². The molecule has 4 nitrogen and oxygen atoms in total. The zero-order chi connectivity index (χ0) is 17.6. The maximum atomic E-state index is 12.9. The molecule has 25 heavy (non-hydrogen) atoms. The SMILES string of the molecule is O=C(Nc1ccccc1Cl)c1ccc(NCc2ccc(F)cc2)nc1. The van der Waals surface area contributed by atoms with Gasteiger partial charge in [0.1, 0.15) is 11.6 Å². The van der Waals surface area contributed by atoms with Crippen LogP contribution in [0.5, 0.6) is 0 Å². The first-order chi connectivity index (χ1) is 12.1. The summed E-state index contributed by atoms with van der Waals surface area (Å²) in [4.78, 5) is 16.4. The molecule has 126 valence electrons. The smallest absolute Gasteiger partial charge is 0.257 e. The Kier molecular flexibility index (Phi) is 5.26. The molecule has 1 aromatic heterocycles. The summed E-state index contributed by atoms with van der Waals surface area (Å²) < 4.78 is 12.9. The minimum atomic E-state index is -0.286. The molecule has 0 aliphatic heterocycles. The molecule has 1 heterocycles. The van der Waals surface area contributed by atoms with Crippen LogP contribution < -0.4 is 10.6 Å². The second kappa shape index (κ2) is 7.77. The minimum Gasteiger partial charge on any atom is -0.366 e. The number of hydrogen-bond acceptors (Lipinski definition) is 3. The van der Waals surface area contributed by atoms with E-state index < -0.39 is 0 Å². The van der Waals surface area contributed by atoms with Gasteiger partial charge in [0.2, 0.25) is 0 Å². The molecule has 0 atom stereocenters. The van der Waals surface area contributed by atoms with E-state index in [1.807, 2.05) is 0 Å². The van der Waals surface area contributed by atoms with Crippen molar-refractivity contribution in [2.24, 2.45) is 0 Å². The van der Waals surface area contributed by atoms with E-state index in [0.29, 0.717) is 28.6 Å². The molecule has 0 aliphatic carbocycles. The number of benzene rings is 2. The fourth-order valence-corrected chi connectivity index (χ4v) is 2.37. The summed E-state index contributed by atoms with van der Waals surface area (Å²) in [6.45, 7) is 0.512. The third-order valence-corrected chi connectivity index (χ3v) is 3.86. The van der Waals surface area contributed by atoms with Crippen LogP contribution in [0.4, 0.5) is 15.9 Å². The van der Waals surface area contributed by atoms with Crippen LogP contribution in [0.25, 0.3) is 0 Å². The summed E-state index contributed by atoms with van der Waals surface area (Å²) in [5.41, 5.74) is 1.91. The number of halogens is 2. The molecule has 1 amide bonds. The second-order valence-electron chi connectivity index (χ2n) is 5.35. The van der Waals surface area contributed by atoms with Crippen LogP contribution in [0.1, 0.15) is 15.9 Å². The molecule has 0 unspecified atom stereocenters. The first-order valence-electron chi connectivity index (χ1n) is 7.62. The number of anilines is 2. The Morgan fingerprint density at radius 3 is 2.48 bits per heavy atom. The van der Waals surface area contributed by atoms with E-state index in [4.69, 9.17) is 11.6 Å². The van der Waals surface area contributed by atoms with Gasteiger partial charge < -0.3 is 10.6 Å². The standard InChI is InChI=1S/C19H15ClFN3O/c20-16-3-1-2-4-17(16)24-19(25)14-7-10-18(23-12-14)22-11-13-5-8-15(21)9-6-13/h1-10,12H,11H2,(H,22,23)(H,24,25). The molecule has 6 heteroatoms. The van der Waals surface area contributed by atoms with E-state index in [0.717, 1.165) is 5.56 Å². The van der Waals surface area contributed by atoms with E-state index in [9.17, 15) is 9.18 Å². The van der Waals surface area contributed by atoms with E-state index in [-0.39, 0.29) is 11.7 Å². The van der Waals surface area contributed by atoms with Crippen molar-refractivity contribution in [2.75, 3.05) is 10.6 Å². The quantitative estimate of drug-likeness (QED) is 0.695. The molecule has 0 spiro atoms. The summed E-state index contributed by atoms with van der Waals surface area (Å²) in [6, 6.07) is 16.6. The highest BCUT2D eigenvalue weighted by molar-refractivity contribution is 6.33. The third-order valence-electron chi connectivity index (χ3n) is 3.53. The molecule has 3 aromatic rings. The maximum Gasteiger partial charge on any atom is 0.257 e. The molecule has 2 aromatic carbocycles. The zero-order valence-corrected chi connectivity index (χ0v) is 13.9. The predicted octanol–water partition coefficient (Wildman–Crippen LogP) is 4.74. The lowest BCUT2D eigenvalue weighted by atomic mass is 10.2. The molecule has 0 bridgehead atoms. The van der Waals surface area contributed by atoms with E-state index in [1.54, 1.807) is 48.5 Å². The Morgan fingerprint density at radius 2 is 1.80 bits per heavy atom. The molecule has 3 rings (SSSR count). The van der Waals surface area contributed by atoms with Crippen molar-refractivity contribution in [3.05, 3.63) is 88.8 Å². The second-order valence-corrected chi connectivity index (χ2v) is 5.75. The van der Waals surface area contributed by atoms with Crippen molar-refractivity contribution >= 4 is 29.0 Å². The highest BCUT2D eigenvalue weighted by Gasteiger charge is 2.08. The largest absolute Gasteiger partial charge is 0.366 e. The van der Waals surface area contributed by atoms with E-state index >= 15 is 0 Å². The fraction of sp³-hybridized carbons (Fsp3) is 0.0526. The Hall–Kier alpha value is -2.92. The van der Waals surface area contributed by atoms with Gasteiger partial charge in [0.25, 0.3) is 5.91 Å². The van der Waals surface area contributed by atoms with Gasteiger partial charge in [-0.1, -0.05) is 35.9 Å². The Bertz CT molecular complexity index is 867. The first-order valence-corrected chi connectivity index (χ1v) is 8.00. The summed E-state index contributed by atoms with van der Waals surface area (Å²) in [7, 11) is 0. The van der Waals surface area contributed by atoms with Crippen LogP contribution in [-0.2, 0) is 6.54 Å². The van der Waals surface area contributed by atoms with Crippen molar-refractivity contribution in [2.45, 2.75) is 6.54 Å². The first kappa shape index (κ1) is 16.9. The lowest BCUT2D eigenvalue weighted by molar-refractivity contribution is 0.102. The zero-order valence-electron chi connectivity index (χ0n) is 13.2. The van der Waals surface area contributed by atoms with Crippen LogP contribution in [0, 0.1) is 5.82 Å². The number of rotatable bonds is 5. The van der Waals surface area contributed by atoms with Gasteiger partial charge in [-0.25, -0.2) is 9.37 Å². The van der Waals surface area contributed by atoms with Gasteiger partial charge in [0, 0.05) is 12.7 Å². The minimum absolute atomic E-state index is 0.268. The summed E-state index contributed by atoms with van der Waals surface area (Å²) in [6.07, 6.45) is 1.49. The van der Waals surface area contributed by atoms with Crippen molar-refractivity contribution < 1.29 is 9.18 Å². The monoisotopic (exact) mass is 355 g/mol. The lowest BCUT2D eigenvalue weighted by Crippen LogP contribution is -2.12. The molecule has 0 aliphatic rings. The fourth-order valence-electron chi connectivity index (χ4n) is 2.18. The molecule has 0 radical (unpaired) electrons. The molecule has 0 fully saturated rings. The van der Waals surface area contributed by atoms with Crippen molar-refractivity contribution in [3.63, 3.8) is 0 Å². The molecule has 0 saturated carbocycles. The van der Waals surface area contributed by atoms with Crippen LogP contribution in [0.15, 0.2) is 66.9 Å². The van der Waals surface area contributed by atoms with Gasteiger partial charge in [0.05, 0.1) is 16.3 Å². The summed E-state index contributed by atoms with van der Waals surface area (Å²) in [5, 5.41) is 6.33. The Labute approximate surface area is 149 Å². The molecular weight excluding hydrogens is 341 g/mol. The number of para-hydroxylation sites is 1. The highest BCUT2D eigenvalue weighted by Crippen LogP contribution is 2.21. The number of aromatic nitrogens is 1. The molecule has 0 saturated heterocycles. The van der Waals surface area contributed by atoms with E-state index in [1.165, 1.54) is 18.3 Å². The number of pyridine rings is 1. The van der Waals surface area contributed by atoms with Crippen LogP contribution in [0.3, 0.4) is 0 Å². The molecular formula is C19H15ClFN3O. The van der Waals surface area contributed by atoms with Crippen molar-refractivity contribution in [1.29, 1.82) is 0 Å². The topological polar surface area (TPSA) is 54.0 Å². The van der Waals surface area contributed by atoms with Crippen molar-refractivity contribution in [1.82, 2.24) is 4.98 Å². The van der Waals surface area contributed by atoms with Gasteiger partial charge >= 0.3 is 0 Å². The van der Waals surface area contributed by atoms with Gasteiger partial charge in [-0.05, 0) is 42.0 Å².